The van der Waals surface area contributed by atoms with Gasteiger partial charge in [0.1, 0.15) is 0 Å². The highest BCUT2D eigenvalue weighted by molar-refractivity contribution is 9.10. The molecule has 0 spiro atoms. The van der Waals surface area contributed by atoms with E-state index in [-0.39, 0.29) is 18.6 Å². The molecule has 0 unspecified atom stereocenters. The lowest BCUT2D eigenvalue weighted by Crippen LogP contribution is -2.22. The van der Waals surface area contributed by atoms with Gasteiger partial charge in [0.05, 0.1) is 0 Å². The van der Waals surface area contributed by atoms with Crippen molar-refractivity contribution in [3.8, 4) is 0 Å². The first-order valence-electron chi connectivity index (χ1n) is 4.08. The Kier molecular flexibility index (Phi) is 3.83. The van der Waals surface area contributed by atoms with Gasteiger partial charge in [-0.2, -0.15) is 0 Å². The summed E-state index contributed by atoms with van der Waals surface area (Å²) < 4.78 is 0.883. The molecule has 1 rings (SSSR count). The predicted molar refractivity (Wildman–Crippen MR) is 52.7 cm³/mol. The molecule has 0 radical (unpaired) electrons. The molecule has 0 fully saturated rings. The molecule has 1 aromatic carbocycles. The largest absolute Gasteiger partial charge is 0.550 e. The Morgan fingerprint density at radius 2 is 1.71 bits per heavy atom. The van der Waals surface area contributed by atoms with E-state index >= 15 is 0 Å². The molecular weight excluding hydrogens is 248 g/mol. The number of rotatable bonds is 4. The predicted octanol–water partition coefficient (Wildman–Crippen LogP) is 1.16. The van der Waals surface area contributed by atoms with Crippen molar-refractivity contribution >= 4 is 27.7 Å². The molecule has 0 heterocycles. The second kappa shape index (κ2) is 4.91. The van der Waals surface area contributed by atoms with Gasteiger partial charge in [0.2, 0.25) is 0 Å². The van der Waals surface area contributed by atoms with Crippen molar-refractivity contribution in [2.75, 3.05) is 0 Å². The number of hydrogen-bond acceptors (Lipinski definition) is 3. The molecule has 0 aliphatic carbocycles. The number of ketones is 1. The summed E-state index contributed by atoms with van der Waals surface area (Å²) in [5.74, 6) is -1.38. The highest BCUT2D eigenvalue weighted by Gasteiger charge is 2.04. The van der Waals surface area contributed by atoms with Crippen LogP contribution >= 0.6 is 15.9 Å². The second-order valence-corrected chi connectivity index (χ2v) is 3.72. The van der Waals surface area contributed by atoms with Crippen LogP contribution in [0.4, 0.5) is 0 Å². The van der Waals surface area contributed by atoms with Crippen LogP contribution in [0, 0.1) is 0 Å². The van der Waals surface area contributed by atoms with Gasteiger partial charge in [-0.05, 0) is 18.6 Å². The third-order valence-corrected chi connectivity index (χ3v) is 2.25. The first-order chi connectivity index (χ1) is 6.59. The molecule has 0 aromatic heterocycles. The number of carbonyl (C=O) groups is 2. The summed E-state index contributed by atoms with van der Waals surface area (Å²) in [6.07, 6.45) is -0.237. The zero-order valence-corrected chi connectivity index (χ0v) is 8.91. The molecule has 0 amide bonds. The Bertz CT molecular complexity index is 343. The summed E-state index contributed by atoms with van der Waals surface area (Å²) in [6, 6.07) is 6.79. The van der Waals surface area contributed by atoms with Crippen LogP contribution in [0.3, 0.4) is 0 Å². The molecule has 3 nitrogen and oxygen atoms in total. The van der Waals surface area contributed by atoms with Gasteiger partial charge in [0.15, 0.2) is 5.78 Å². The fraction of sp³-hybridized carbons (Fsp3) is 0.200. The summed E-state index contributed by atoms with van der Waals surface area (Å²) in [5.41, 5.74) is 0.523. The minimum atomic E-state index is -1.20. The fourth-order valence-electron chi connectivity index (χ4n) is 0.996. The summed E-state index contributed by atoms with van der Waals surface area (Å²) in [6.45, 7) is 0. The molecule has 0 saturated heterocycles. The van der Waals surface area contributed by atoms with Gasteiger partial charge < -0.3 is 9.90 Å². The molecular formula is C10H8BrO3-. The Labute approximate surface area is 89.9 Å². The van der Waals surface area contributed by atoms with Crippen LogP contribution in [-0.4, -0.2) is 11.8 Å². The maximum atomic E-state index is 11.4. The maximum absolute atomic E-state index is 11.4. The smallest absolute Gasteiger partial charge is 0.163 e. The van der Waals surface area contributed by atoms with Crippen LogP contribution in [-0.2, 0) is 4.79 Å². The molecule has 14 heavy (non-hydrogen) atoms. The van der Waals surface area contributed by atoms with E-state index in [0.717, 1.165) is 4.47 Å². The van der Waals surface area contributed by atoms with Crippen LogP contribution in [0.5, 0.6) is 0 Å². The molecule has 0 aliphatic rings. The van der Waals surface area contributed by atoms with Crippen LogP contribution in [0.25, 0.3) is 0 Å². The Hall–Kier alpha value is -1.16. The molecule has 0 atom stereocenters. The second-order valence-electron chi connectivity index (χ2n) is 2.80. The summed E-state index contributed by atoms with van der Waals surface area (Å²) in [5, 5.41) is 10.1. The topological polar surface area (TPSA) is 57.2 Å². The van der Waals surface area contributed by atoms with Crippen molar-refractivity contribution < 1.29 is 14.7 Å². The summed E-state index contributed by atoms with van der Waals surface area (Å²) in [7, 11) is 0. The van der Waals surface area contributed by atoms with Crippen LogP contribution in [0.1, 0.15) is 23.2 Å². The van der Waals surface area contributed by atoms with E-state index in [2.05, 4.69) is 15.9 Å². The third kappa shape index (κ3) is 3.30. The normalized spacial score (nSPS) is 9.79. The highest BCUT2D eigenvalue weighted by atomic mass is 79.9. The van der Waals surface area contributed by atoms with E-state index in [1.54, 1.807) is 24.3 Å². The number of Topliss-reactive ketones (excluding diaryl/α,β-unsaturated/α-hetero) is 1. The molecule has 1 aromatic rings. The van der Waals surface area contributed by atoms with Crippen molar-refractivity contribution in [3.63, 3.8) is 0 Å². The number of aliphatic carboxylic acids is 1. The Balaban J connectivity index is 2.61. The fourth-order valence-corrected chi connectivity index (χ4v) is 1.26. The monoisotopic (exact) mass is 255 g/mol. The zero-order chi connectivity index (χ0) is 10.6. The number of halogens is 1. The van der Waals surface area contributed by atoms with E-state index in [0.29, 0.717) is 5.56 Å². The minimum absolute atomic E-state index is 0.00995. The molecule has 0 N–H and O–H groups in total. The van der Waals surface area contributed by atoms with Gasteiger partial charge in [-0.15, -0.1) is 0 Å². The number of carboxylic acids is 1. The Morgan fingerprint density at radius 1 is 1.14 bits per heavy atom. The summed E-state index contributed by atoms with van der Waals surface area (Å²) in [4.78, 5) is 21.5. The van der Waals surface area contributed by atoms with E-state index in [1.165, 1.54) is 0 Å². The standard InChI is InChI=1S/C10H9BrO3/c11-8-3-1-7(2-4-8)9(12)5-6-10(13)14/h1-4H,5-6H2,(H,13,14)/p-1. The molecule has 0 bridgehead atoms. The van der Waals surface area contributed by atoms with Gasteiger partial charge in [0.25, 0.3) is 0 Å². The Morgan fingerprint density at radius 3 is 2.21 bits per heavy atom. The number of carbonyl (C=O) groups excluding carboxylic acids is 2. The van der Waals surface area contributed by atoms with Crippen LogP contribution in [0.15, 0.2) is 28.7 Å². The number of carboxylic acid groups (broad SMARTS) is 1. The van der Waals surface area contributed by atoms with Crippen molar-refractivity contribution in [1.29, 1.82) is 0 Å². The average molecular weight is 256 g/mol. The molecule has 0 aliphatic heterocycles. The van der Waals surface area contributed by atoms with Gasteiger partial charge >= 0.3 is 0 Å². The van der Waals surface area contributed by atoms with E-state index in [4.69, 9.17) is 0 Å². The molecule has 74 valence electrons. The van der Waals surface area contributed by atoms with E-state index in [9.17, 15) is 14.7 Å². The van der Waals surface area contributed by atoms with Crippen molar-refractivity contribution in [2.24, 2.45) is 0 Å². The van der Waals surface area contributed by atoms with E-state index in [1.807, 2.05) is 0 Å². The van der Waals surface area contributed by atoms with E-state index < -0.39 is 5.97 Å². The average Bonchev–Trinajstić information content (AvgIpc) is 2.15. The summed E-state index contributed by atoms with van der Waals surface area (Å²) >= 11 is 3.24. The molecule has 4 heteroatoms. The van der Waals surface area contributed by atoms with Crippen molar-refractivity contribution in [3.05, 3.63) is 34.3 Å². The number of benzene rings is 1. The number of hydrogen-bond donors (Lipinski definition) is 0. The van der Waals surface area contributed by atoms with Gasteiger partial charge in [0, 0.05) is 22.4 Å². The van der Waals surface area contributed by atoms with Gasteiger partial charge in [-0.1, -0.05) is 28.1 Å². The van der Waals surface area contributed by atoms with Crippen molar-refractivity contribution in [1.82, 2.24) is 0 Å². The highest BCUT2D eigenvalue weighted by Crippen LogP contribution is 2.12. The quantitative estimate of drug-likeness (QED) is 0.759. The minimum Gasteiger partial charge on any atom is -0.550 e. The SMILES string of the molecule is O=C([O-])CCC(=O)c1ccc(Br)cc1. The lowest BCUT2D eigenvalue weighted by molar-refractivity contribution is -0.305. The van der Waals surface area contributed by atoms with Crippen LogP contribution < -0.4 is 5.11 Å². The first kappa shape index (κ1) is 10.9. The molecule has 0 saturated carbocycles. The third-order valence-electron chi connectivity index (χ3n) is 1.72. The lowest BCUT2D eigenvalue weighted by atomic mass is 10.1. The first-order valence-corrected chi connectivity index (χ1v) is 4.87. The lowest BCUT2D eigenvalue weighted by Gasteiger charge is -2.01. The zero-order valence-electron chi connectivity index (χ0n) is 7.33. The van der Waals surface area contributed by atoms with Gasteiger partial charge in [-0.3, -0.25) is 4.79 Å². The van der Waals surface area contributed by atoms with Crippen LogP contribution in [0.2, 0.25) is 0 Å². The van der Waals surface area contributed by atoms with Crippen molar-refractivity contribution in [2.45, 2.75) is 12.8 Å². The van der Waals surface area contributed by atoms with Gasteiger partial charge in [-0.25, -0.2) is 0 Å². The maximum Gasteiger partial charge on any atom is 0.163 e.